The highest BCUT2D eigenvalue weighted by atomic mass is 15.3. The molecule has 0 spiro atoms. The van der Waals surface area contributed by atoms with E-state index in [1.165, 1.54) is 16.8 Å². The van der Waals surface area contributed by atoms with E-state index in [4.69, 9.17) is 0 Å². The average molecular weight is 244 g/mol. The SMILES string of the molecule is CCc1cc(C(NC)c2cncc(C)c2)n(C)n1. The third kappa shape index (κ3) is 2.43. The van der Waals surface area contributed by atoms with E-state index >= 15 is 0 Å². The Morgan fingerprint density at radius 3 is 2.67 bits per heavy atom. The second-order valence-corrected chi connectivity index (χ2v) is 4.56. The molecule has 0 saturated heterocycles. The van der Waals surface area contributed by atoms with Gasteiger partial charge in [-0.15, -0.1) is 0 Å². The fourth-order valence-electron chi connectivity index (χ4n) is 2.21. The van der Waals surface area contributed by atoms with Gasteiger partial charge in [-0.05, 0) is 37.6 Å². The van der Waals surface area contributed by atoms with Crippen LogP contribution < -0.4 is 5.32 Å². The molecule has 96 valence electrons. The topological polar surface area (TPSA) is 42.7 Å². The number of hydrogen-bond acceptors (Lipinski definition) is 3. The Balaban J connectivity index is 2.41. The van der Waals surface area contributed by atoms with Crippen molar-refractivity contribution in [3.63, 3.8) is 0 Å². The van der Waals surface area contributed by atoms with Gasteiger partial charge in [-0.25, -0.2) is 0 Å². The van der Waals surface area contributed by atoms with Crippen LogP contribution in [0.15, 0.2) is 24.5 Å². The van der Waals surface area contributed by atoms with E-state index in [-0.39, 0.29) is 6.04 Å². The molecule has 2 aromatic rings. The maximum absolute atomic E-state index is 4.50. The van der Waals surface area contributed by atoms with Gasteiger partial charge in [-0.1, -0.05) is 13.0 Å². The lowest BCUT2D eigenvalue weighted by molar-refractivity contribution is 0.602. The molecule has 0 fully saturated rings. The number of aryl methyl sites for hydroxylation is 3. The van der Waals surface area contributed by atoms with Crippen molar-refractivity contribution in [3.05, 3.63) is 47.0 Å². The monoisotopic (exact) mass is 244 g/mol. The lowest BCUT2D eigenvalue weighted by Gasteiger charge is -2.16. The first-order valence-electron chi connectivity index (χ1n) is 6.27. The minimum Gasteiger partial charge on any atom is -0.308 e. The molecule has 2 aromatic heterocycles. The number of nitrogens with zero attached hydrogens (tertiary/aromatic N) is 3. The fourth-order valence-corrected chi connectivity index (χ4v) is 2.21. The molecule has 0 bridgehead atoms. The number of pyridine rings is 1. The summed E-state index contributed by atoms with van der Waals surface area (Å²) in [5, 5.41) is 7.84. The van der Waals surface area contributed by atoms with Crippen molar-refractivity contribution in [2.75, 3.05) is 7.05 Å². The highest BCUT2D eigenvalue weighted by molar-refractivity contribution is 5.29. The summed E-state index contributed by atoms with van der Waals surface area (Å²) in [6, 6.07) is 4.45. The lowest BCUT2D eigenvalue weighted by atomic mass is 10.0. The van der Waals surface area contributed by atoms with E-state index < -0.39 is 0 Å². The van der Waals surface area contributed by atoms with E-state index in [2.05, 4.69) is 41.4 Å². The summed E-state index contributed by atoms with van der Waals surface area (Å²) in [5.41, 5.74) is 4.63. The molecule has 4 nitrogen and oxygen atoms in total. The Morgan fingerprint density at radius 2 is 2.11 bits per heavy atom. The van der Waals surface area contributed by atoms with Gasteiger partial charge in [0.15, 0.2) is 0 Å². The second kappa shape index (κ2) is 5.31. The van der Waals surface area contributed by atoms with Gasteiger partial charge in [0.2, 0.25) is 0 Å². The van der Waals surface area contributed by atoms with E-state index in [0.717, 1.165) is 12.1 Å². The lowest BCUT2D eigenvalue weighted by Crippen LogP contribution is -2.20. The molecule has 0 amide bonds. The predicted molar refractivity (Wildman–Crippen MR) is 72.5 cm³/mol. The van der Waals surface area contributed by atoms with Crippen LogP contribution in [0, 0.1) is 6.92 Å². The highest BCUT2D eigenvalue weighted by Crippen LogP contribution is 2.22. The second-order valence-electron chi connectivity index (χ2n) is 4.56. The smallest absolute Gasteiger partial charge is 0.0760 e. The number of nitrogens with one attached hydrogen (secondary N) is 1. The summed E-state index contributed by atoms with van der Waals surface area (Å²) in [5.74, 6) is 0. The molecular formula is C14H20N4. The zero-order valence-electron chi connectivity index (χ0n) is 11.4. The van der Waals surface area contributed by atoms with Crippen LogP contribution in [-0.4, -0.2) is 21.8 Å². The minimum absolute atomic E-state index is 0.134. The minimum atomic E-state index is 0.134. The van der Waals surface area contributed by atoms with Crippen LogP contribution in [-0.2, 0) is 13.5 Å². The number of rotatable bonds is 4. The molecular weight excluding hydrogens is 224 g/mol. The van der Waals surface area contributed by atoms with Crippen molar-refractivity contribution >= 4 is 0 Å². The Labute approximate surface area is 108 Å². The molecule has 0 aliphatic heterocycles. The normalized spacial score (nSPS) is 12.7. The molecule has 4 heteroatoms. The van der Waals surface area contributed by atoms with Crippen molar-refractivity contribution < 1.29 is 0 Å². The van der Waals surface area contributed by atoms with E-state index in [9.17, 15) is 0 Å². The van der Waals surface area contributed by atoms with E-state index in [1.54, 1.807) is 0 Å². The van der Waals surface area contributed by atoms with Gasteiger partial charge in [-0.3, -0.25) is 9.67 Å². The summed E-state index contributed by atoms with van der Waals surface area (Å²) in [7, 11) is 3.95. The predicted octanol–water partition coefficient (Wildman–Crippen LogP) is 1.99. The third-order valence-electron chi connectivity index (χ3n) is 3.14. The standard InChI is InChI=1S/C14H20N4/c1-5-12-7-13(18(4)17-12)14(15-3)11-6-10(2)8-16-9-11/h6-9,14-15H,5H2,1-4H3. The summed E-state index contributed by atoms with van der Waals surface area (Å²) in [4.78, 5) is 4.27. The van der Waals surface area contributed by atoms with Gasteiger partial charge in [0.1, 0.15) is 0 Å². The van der Waals surface area contributed by atoms with Gasteiger partial charge in [0, 0.05) is 19.4 Å². The molecule has 1 atom stereocenters. The van der Waals surface area contributed by atoms with Gasteiger partial charge in [0.05, 0.1) is 17.4 Å². The summed E-state index contributed by atoms with van der Waals surface area (Å²) < 4.78 is 1.95. The van der Waals surface area contributed by atoms with Gasteiger partial charge >= 0.3 is 0 Å². The molecule has 0 aliphatic rings. The molecule has 0 aromatic carbocycles. The van der Waals surface area contributed by atoms with Crippen LogP contribution in [0.2, 0.25) is 0 Å². The fraction of sp³-hybridized carbons (Fsp3) is 0.429. The zero-order valence-corrected chi connectivity index (χ0v) is 11.4. The van der Waals surface area contributed by atoms with Crippen molar-refractivity contribution in [2.45, 2.75) is 26.3 Å². The van der Waals surface area contributed by atoms with Gasteiger partial charge < -0.3 is 5.32 Å². The highest BCUT2D eigenvalue weighted by Gasteiger charge is 2.17. The largest absolute Gasteiger partial charge is 0.308 e. The Kier molecular flexibility index (Phi) is 3.77. The molecule has 1 N–H and O–H groups in total. The zero-order chi connectivity index (χ0) is 13.1. The van der Waals surface area contributed by atoms with Crippen LogP contribution in [0.25, 0.3) is 0 Å². The van der Waals surface area contributed by atoms with Crippen molar-refractivity contribution in [3.8, 4) is 0 Å². The number of aromatic nitrogens is 3. The summed E-state index contributed by atoms with van der Waals surface area (Å²) in [6.45, 7) is 4.18. The third-order valence-corrected chi connectivity index (χ3v) is 3.14. The van der Waals surface area contributed by atoms with Crippen LogP contribution in [0.4, 0.5) is 0 Å². The van der Waals surface area contributed by atoms with Gasteiger partial charge in [-0.2, -0.15) is 5.10 Å². The molecule has 0 radical (unpaired) electrons. The maximum atomic E-state index is 4.50. The average Bonchev–Trinajstić information content (AvgIpc) is 2.72. The molecule has 0 aliphatic carbocycles. The van der Waals surface area contributed by atoms with Gasteiger partial charge in [0.25, 0.3) is 0 Å². The van der Waals surface area contributed by atoms with Crippen molar-refractivity contribution in [1.82, 2.24) is 20.1 Å². The van der Waals surface area contributed by atoms with Crippen LogP contribution in [0.3, 0.4) is 0 Å². The Morgan fingerprint density at radius 1 is 1.33 bits per heavy atom. The molecule has 2 rings (SSSR count). The van der Waals surface area contributed by atoms with E-state index in [0.29, 0.717) is 0 Å². The van der Waals surface area contributed by atoms with E-state index in [1.807, 2.05) is 31.2 Å². The van der Waals surface area contributed by atoms with Crippen molar-refractivity contribution in [1.29, 1.82) is 0 Å². The molecule has 1 unspecified atom stereocenters. The van der Waals surface area contributed by atoms with Crippen LogP contribution in [0.1, 0.15) is 35.5 Å². The van der Waals surface area contributed by atoms with Crippen molar-refractivity contribution in [2.24, 2.45) is 7.05 Å². The first-order chi connectivity index (χ1) is 8.65. The summed E-state index contributed by atoms with van der Waals surface area (Å²) in [6.07, 6.45) is 4.74. The summed E-state index contributed by atoms with van der Waals surface area (Å²) >= 11 is 0. The molecule has 0 saturated carbocycles. The first kappa shape index (κ1) is 12.8. The maximum Gasteiger partial charge on any atom is 0.0760 e. The molecule has 2 heterocycles. The molecule has 18 heavy (non-hydrogen) atoms. The first-order valence-corrected chi connectivity index (χ1v) is 6.27. The van der Waals surface area contributed by atoms with Crippen LogP contribution in [0.5, 0.6) is 0 Å². The number of hydrogen-bond donors (Lipinski definition) is 1. The Hall–Kier alpha value is -1.68. The Bertz CT molecular complexity index is 530. The van der Waals surface area contributed by atoms with Crippen LogP contribution >= 0.6 is 0 Å². The quantitative estimate of drug-likeness (QED) is 0.894.